The van der Waals surface area contributed by atoms with Crippen molar-refractivity contribution in [1.29, 1.82) is 0 Å². The molecule has 1 nitrogen and oxygen atoms in total. The van der Waals surface area contributed by atoms with Crippen LogP contribution < -0.4 is 5.73 Å². The van der Waals surface area contributed by atoms with E-state index in [1.165, 1.54) is 15.4 Å². The van der Waals surface area contributed by atoms with Crippen molar-refractivity contribution in [2.75, 3.05) is 5.73 Å². The summed E-state index contributed by atoms with van der Waals surface area (Å²) >= 11 is 1.76. The second-order valence-corrected chi connectivity index (χ2v) is 5.54. The molecule has 0 aliphatic carbocycles. The SMILES string of the molecule is CC(C)c1ccc(Sc2ccc(N)cc2)cc1. The topological polar surface area (TPSA) is 26.0 Å². The Morgan fingerprint density at radius 1 is 0.824 bits per heavy atom. The lowest BCUT2D eigenvalue weighted by Crippen LogP contribution is -1.86. The second kappa shape index (κ2) is 5.28. The van der Waals surface area contributed by atoms with E-state index in [0.29, 0.717) is 5.92 Å². The van der Waals surface area contributed by atoms with Crippen LogP contribution >= 0.6 is 11.8 Å². The zero-order chi connectivity index (χ0) is 12.3. The molecule has 2 aromatic carbocycles. The Bertz CT molecular complexity index is 471. The molecule has 0 atom stereocenters. The van der Waals surface area contributed by atoms with Crippen LogP contribution in [0.2, 0.25) is 0 Å². The molecule has 0 unspecified atom stereocenters. The van der Waals surface area contributed by atoms with E-state index in [9.17, 15) is 0 Å². The summed E-state index contributed by atoms with van der Waals surface area (Å²) in [5.74, 6) is 0.588. The molecule has 0 spiro atoms. The van der Waals surface area contributed by atoms with Gasteiger partial charge in [0, 0.05) is 15.5 Å². The van der Waals surface area contributed by atoms with Gasteiger partial charge in [-0.3, -0.25) is 0 Å². The number of hydrogen-bond donors (Lipinski definition) is 1. The van der Waals surface area contributed by atoms with Gasteiger partial charge in [0.2, 0.25) is 0 Å². The van der Waals surface area contributed by atoms with E-state index in [-0.39, 0.29) is 0 Å². The lowest BCUT2D eigenvalue weighted by atomic mass is 10.0. The van der Waals surface area contributed by atoms with Crippen LogP contribution in [-0.2, 0) is 0 Å². The van der Waals surface area contributed by atoms with Crippen LogP contribution in [0.3, 0.4) is 0 Å². The van der Waals surface area contributed by atoms with Crippen LogP contribution in [0, 0.1) is 0 Å². The highest BCUT2D eigenvalue weighted by Crippen LogP contribution is 2.29. The third-order valence-corrected chi connectivity index (χ3v) is 3.68. The molecule has 0 fully saturated rings. The van der Waals surface area contributed by atoms with Gasteiger partial charge in [-0.1, -0.05) is 37.7 Å². The Morgan fingerprint density at radius 3 is 1.76 bits per heavy atom. The number of hydrogen-bond acceptors (Lipinski definition) is 2. The maximum Gasteiger partial charge on any atom is 0.0314 e. The van der Waals surface area contributed by atoms with E-state index in [4.69, 9.17) is 5.73 Å². The van der Waals surface area contributed by atoms with E-state index in [0.717, 1.165) is 5.69 Å². The fraction of sp³-hybridized carbons (Fsp3) is 0.200. The van der Waals surface area contributed by atoms with E-state index in [1.54, 1.807) is 11.8 Å². The fourth-order valence-corrected chi connectivity index (χ4v) is 2.41. The third kappa shape index (κ3) is 3.27. The molecule has 0 heterocycles. The molecule has 0 bridgehead atoms. The molecular weight excluding hydrogens is 226 g/mol. The Morgan fingerprint density at radius 2 is 1.29 bits per heavy atom. The largest absolute Gasteiger partial charge is 0.399 e. The number of benzene rings is 2. The van der Waals surface area contributed by atoms with Gasteiger partial charge in [0.25, 0.3) is 0 Å². The second-order valence-electron chi connectivity index (χ2n) is 4.39. The summed E-state index contributed by atoms with van der Waals surface area (Å²) in [6, 6.07) is 16.7. The first kappa shape index (κ1) is 12.1. The fourth-order valence-electron chi connectivity index (χ4n) is 1.59. The van der Waals surface area contributed by atoms with Crippen molar-refractivity contribution in [2.24, 2.45) is 0 Å². The molecule has 88 valence electrons. The minimum absolute atomic E-state index is 0.588. The maximum atomic E-state index is 5.66. The van der Waals surface area contributed by atoms with Crippen molar-refractivity contribution in [3.05, 3.63) is 54.1 Å². The van der Waals surface area contributed by atoms with Crippen LogP contribution in [0.15, 0.2) is 58.3 Å². The molecule has 0 aliphatic rings. The Kier molecular flexibility index (Phi) is 3.75. The number of nitrogen functional groups attached to an aromatic ring is 1. The number of rotatable bonds is 3. The van der Waals surface area contributed by atoms with Crippen LogP contribution in [0.25, 0.3) is 0 Å². The first-order valence-corrected chi connectivity index (χ1v) is 6.60. The summed E-state index contributed by atoms with van der Waals surface area (Å²) in [7, 11) is 0. The number of nitrogens with two attached hydrogens (primary N) is 1. The zero-order valence-electron chi connectivity index (χ0n) is 10.2. The Hall–Kier alpha value is -1.41. The summed E-state index contributed by atoms with van der Waals surface area (Å²) in [5.41, 5.74) is 7.85. The molecule has 0 saturated heterocycles. The maximum absolute atomic E-state index is 5.66. The van der Waals surface area contributed by atoms with Gasteiger partial charge in [0.15, 0.2) is 0 Å². The molecule has 2 N–H and O–H groups in total. The quantitative estimate of drug-likeness (QED) is 0.801. The summed E-state index contributed by atoms with van der Waals surface area (Å²) in [4.78, 5) is 2.48. The van der Waals surface area contributed by atoms with Gasteiger partial charge in [-0.25, -0.2) is 0 Å². The van der Waals surface area contributed by atoms with Crippen LogP contribution in [0.5, 0.6) is 0 Å². The van der Waals surface area contributed by atoms with Crippen LogP contribution in [0.4, 0.5) is 5.69 Å². The molecule has 17 heavy (non-hydrogen) atoms. The normalized spacial score (nSPS) is 10.8. The van der Waals surface area contributed by atoms with E-state index >= 15 is 0 Å². The molecule has 0 radical (unpaired) electrons. The molecule has 0 amide bonds. The van der Waals surface area contributed by atoms with Crippen LogP contribution in [-0.4, -0.2) is 0 Å². The van der Waals surface area contributed by atoms with Crippen molar-refractivity contribution in [3.8, 4) is 0 Å². The minimum Gasteiger partial charge on any atom is -0.399 e. The van der Waals surface area contributed by atoms with Gasteiger partial charge in [-0.2, -0.15) is 0 Å². The first-order chi connectivity index (χ1) is 8.15. The predicted molar refractivity (Wildman–Crippen MR) is 75.5 cm³/mol. The highest BCUT2D eigenvalue weighted by atomic mass is 32.2. The van der Waals surface area contributed by atoms with Crippen LogP contribution in [0.1, 0.15) is 25.3 Å². The Balaban J connectivity index is 2.11. The summed E-state index contributed by atoms with van der Waals surface area (Å²) in [5, 5.41) is 0. The summed E-state index contributed by atoms with van der Waals surface area (Å²) in [6.07, 6.45) is 0. The highest BCUT2D eigenvalue weighted by Gasteiger charge is 2.00. The predicted octanol–water partition coefficient (Wildman–Crippen LogP) is 4.54. The average molecular weight is 243 g/mol. The highest BCUT2D eigenvalue weighted by molar-refractivity contribution is 7.99. The minimum atomic E-state index is 0.588. The lowest BCUT2D eigenvalue weighted by Gasteiger charge is -2.06. The van der Waals surface area contributed by atoms with E-state index < -0.39 is 0 Å². The average Bonchev–Trinajstić information content (AvgIpc) is 2.33. The van der Waals surface area contributed by atoms with Crippen molar-refractivity contribution in [1.82, 2.24) is 0 Å². The molecule has 0 saturated carbocycles. The molecular formula is C15H17NS. The van der Waals surface area contributed by atoms with Crippen molar-refractivity contribution >= 4 is 17.4 Å². The van der Waals surface area contributed by atoms with Gasteiger partial charge in [-0.15, -0.1) is 0 Å². The molecule has 2 rings (SSSR count). The Labute approximate surface area is 107 Å². The third-order valence-electron chi connectivity index (χ3n) is 2.66. The smallest absolute Gasteiger partial charge is 0.0314 e. The van der Waals surface area contributed by atoms with Crippen molar-refractivity contribution < 1.29 is 0 Å². The summed E-state index contributed by atoms with van der Waals surface area (Å²) in [6.45, 7) is 4.42. The van der Waals surface area contributed by atoms with E-state index in [2.05, 4.69) is 50.2 Å². The lowest BCUT2D eigenvalue weighted by molar-refractivity contribution is 0.865. The van der Waals surface area contributed by atoms with Gasteiger partial charge < -0.3 is 5.73 Å². The van der Waals surface area contributed by atoms with Crippen molar-refractivity contribution in [2.45, 2.75) is 29.6 Å². The van der Waals surface area contributed by atoms with Gasteiger partial charge in [-0.05, 0) is 47.9 Å². The van der Waals surface area contributed by atoms with Gasteiger partial charge >= 0.3 is 0 Å². The molecule has 2 heteroatoms. The summed E-state index contributed by atoms with van der Waals surface area (Å²) < 4.78 is 0. The van der Waals surface area contributed by atoms with E-state index in [1.807, 2.05) is 12.1 Å². The first-order valence-electron chi connectivity index (χ1n) is 5.78. The van der Waals surface area contributed by atoms with Crippen molar-refractivity contribution in [3.63, 3.8) is 0 Å². The molecule has 2 aromatic rings. The van der Waals surface area contributed by atoms with Gasteiger partial charge in [0.05, 0.1) is 0 Å². The standard InChI is InChI=1S/C15H17NS/c1-11(2)12-3-7-14(8-4-12)17-15-9-5-13(16)6-10-15/h3-11H,16H2,1-2H3. The monoisotopic (exact) mass is 243 g/mol. The number of anilines is 1. The van der Waals surface area contributed by atoms with Gasteiger partial charge in [0.1, 0.15) is 0 Å². The zero-order valence-corrected chi connectivity index (χ0v) is 11.0. The molecule has 0 aliphatic heterocycles. The molecule has 0 aromatic heterocycles.